The van der Waals surface area contributed by atoms with Gasteiger partial charge < -0.3 is 10.4 Å². The van der Waals surface area contributed by atoms with Gasteiger partial charge >= 0.3 is 5.97 Å². The second kappa shape index (κ2) is 5.95. The Morgan fingerprint density at radius 1 is 1.48 bits per heavy atom. The van der Waals surface area contributed by atoms with E-state index < -0.39 is 11.9 Å². The molecular weight excluding hydrogens is 284 g/mol. The highest BCUT2D eigenvalue weighted by molar-refractivity contribution is 7.11. The SMILES string of the molecule is CCc1cnc(CN[C@H]2c3ccccc3C[C@H]2C(=O)O)s1. The van der Waals surface area contributed by atoms with Gasteiger partial charge in [-0.25, -0.2) is 4.98 Å². The predicted octanol–water partition coefficient (Wildman–Crippen LogP) is 2.79. The van der Waals surface area contributed by atoms with Crippen molar-refractivity contribution in [2.45, 2.75) is 32.4 Å². The van der Waals surface area contributed by atoms with Crippen LogP contribution in [0.2, 0.25) is 0 Å². The Bertz CT molecular complexity index is 653. The van der Waals surface area contributed by atoms with Gasteiger partial charge in [0.1, 0.15) is 5.01 Å². The van der Waals surface area contributed by atoms with E-state index in [-0.39, 0.29) is 6.04 Å². The lowest BCUT2D eigenvalue weighted by Gasteiger charge is -2.18. The first kappa shape index (κ1) is 14.2. The van der Waals surface area contributed by atoms with Crippen LogP contribution >= 0.6 is 11.3 Å². The van der Waals surface area contributed by atoms with E-state index in [1.54, 1.807) is 11.3 Å². The van der Waals surface area contributed by atoms with Crippen molar-refractivity contribution in [1.82, 2.24) is 10.3 Å². The van der Waals surface area contributed by atoms with Crippen LogP contribution in [0.15, 0.2) is 30.5 Å². The number of hydrogen-bond acceptors (Lipinski definition) is 4. The number of fused-ring (bicyclic) bond motifs is 1. The quantitative estimate of drug-likeness (QED) is 0.891. The molecule has 0 unspecified atom stereocenters. The Morgan fingerprint density at radius 3 is 3.00 bits per heavy atom. The number of thiazole rings is 1. The third-order valence-electron chi connectivity index (χ3n) is 3.97. The Balaban J connectivity index is 1.76. The molecule has 2 atom stereocenters. The van der Waals surface area contributed by atoms with Crippen molar-refractivity contribution in [3.8, 4) is 0 Å². The van der Waals surface area contributed by atoms with Gasteiger partial charge in [0.25, 0.3) is 0 Å². The summed E-state index contributed by atoms with van der Waals surface area (Å²) in [5, 5.41) is 13.8. The number of aliphatic carboxylic acids is 1. The molecule has 1 aromatic heterocycles. The maximum Gasteiger partial charge on any atom is 0.308 e. The molecule has 1 aromatic carbocycles. The fourth-order valence-electron chi connectivity index (χ4n) is 2.87. The Hall–Kier alpha value is -1.72. The van der Waals surface area contributed by atoms with Crippen LogP contribution in [-0.4, -0.2) is 16.1 Å². The molecular formula is C16H18N2O2S. The number of carboxylic acids is 1. The van der Waals surface area contributed by atoms with Gasteiger partial charge in [-0.3, -0.25) is 4.79 Å². The van der Waals surface area contributed by atoms with Crippen LogP contribution in [0.4, 0.5) is 0 Å². The smallest absolute Gasteiger partial charge is 0.308 e. The zero-order chi connectivity index (χ0) is 14.8. The molecule has 5 heteroatoms. The number of hydrogen-bond donors (Lipinski definition) is 2. The molecule has 1 heterocycles. The van der Waals surface area contributed by atoms with E-state index in [2.05, 4.69) is 17.2 Å². The van der Waals surface area contributed by atoms with Crippen molar-refractivity contribution in [3.63, 3.8) is 0 Å². The molecule has 1 aliphatic rings. The fourth-order valence-corrected chi connectivity index (χ4v) is 3.68. The number of aryl methyl sites for hydroxylation is 1. The van der Waals surface area contributed by atoms with Gasteiger partial charge in [-0.1, -0.05) is 31.2 Å². The van der Waals surface area contributed by atoms with Crippen LogP contribution in [0.5, 0.6) is 0 Å². The van der Waals surface area contributed by atoms with Crippen LogP contribution in [0.25, 0.3) is 0 Å². The molecule has 2 N–H and O–H groups in total. The molecule has 0 bridgehead atoms. The molecule has 4 nitrogen and oxygen atoms in total. The van der Waals surface area contributed by atoms with Crippen LogP contribution < -0.4 is 5.32 Å². The summed E-state index contributed by atoms with van der Waals surface area (Å²) in [6.07, 6.45) is 3.49. The van der Waals surface area contributed by atoms with Gasteiger partial charge in [-0.2, -0.15) is 0 Å². The molecule has 0 saturated heterocycles. The lowest BCUT2D eigenvalue weighted by atomic mass is 10.0. The van der Waals surface area contributed by atoms with E-state index in [9.17, 15) is 9.90 Å². The first-order valence-corrected chi connectivity index (χ1v) is 7.98. The summed E-state index contributed by atoms with van der Waals surface area (Å²) in [5.41, 5.74) is 2.24. The van der Waals surface area contributed by atoms with Crippen molar-refractivity contribution >= 4 is 17.3 Å². The zero-order valence-electron chi connectivity index (χ0n) is 11.9. The van der Waals surface area contributed by atoms with E-state index in [4.69, 9.17) is 0 Å². The fraction of sp³-hybridized carbons (Fsp3) is 0.375. The summed E-state index contributed by atoms with van der Waals surface area (Å²) in [6.45, 7) is 2.73. The van der Waals surface area contributed by atoms with E-state index in [1.165, 1.54) is 4.88 Å². The molecule has 2 aromatic rings. The van der Waals surface area contributed by atoms with Gasteiger partial charge in [0.2, 0.25) is 0 Å². The number of nitrogens with one attached hydrogen (secondary N) is 1. The van der Waals surface area contributed by atoms with E-state index >= 15 is 0 Å². The third kappa shape index (κ3) is 2.84. The van der Waals surface area contributed by atoms with Gasteiger partial charge in [-0.15, -0.1) is 11.3 Å². The van der Waals surface area contributed by atoms with Crippen LogP contribution in [0.3, 0.4) is 0 Å². The minimum Gasteiger partial charge on any atom is -0.481 e. The summed E-state index contributed by atoms with van der Waals surface area (Å²) < 4.78 is 0. The second-order valence-electron chi connectivity index (χ2n) is 5.28. The van der Waals surface area contributed by atoms with Crippen molar-refractivity contribution in [1.29, 1.82) is 0 Å². The van der Waals surface area contributed by atoms with Gasteiger partial charge in [-0.05, 0) is 24.0 Å². The first-order valence-electron chi connectivity index (χ1n) is 7.16. The summed E-state index contributed by atoms with van der Waals surface area (Å²) in [6, 6.07) is 7.85. The number of carbonyl (C=O) groups is 1. The number of aromatic nitrogens is 1. The van der Waals surface area contributed by atoms with E-state index in [0.29, 0.717) is 13.0 Å². The highest BCUT2D eigenvalue weighted by Crippen LogP contribution is 2.36. The van der Waals surface area contributed by atoms with Crippen LogP contribution in [0.1, 0.15) is 34.0 Å². The Labute approximate surface area is 127 Å². The molecule has 0 fully saturated rings. The minimum atomic E-state index is -0.739. The highest BCUT2D eigenvalue weighted by Gasteiger charge is 2.36. The second-order valence-corrected chi connectivity index (χ2v) is 6.48. The topological polar surface area (TPSA) is 62.2 Å². The molecule has 3 rings (SSSR count). The molecule has 110 valence electrons. The average molecular weight is 302 g/mol. The summed E-state index contributed by atoms with van der Waals surface area (Å²) in [5.74, 6) is -1.13. The number of rotatable bonds is 5. The van der Waals surface area contributed by atoms with Crippen molar-refractivity contribution in [2.24, 2.45) is 5.92 Å². The number of nitrogens with zero attached hydrogens (tertiary/aromatic N) is 1. The Morgan fingerprint density at radius 2 is 2.29 bits per heavy atom. The first-order chi connectivity index (χ1) is 10.2. The van der Waals surface area contributed by atoms with Gasteiger partial charge in [0, 0.05) is 23.7 Å². The monoisotopic (exact) mass is 302 g/mol. The third-order valence-corrected chi connectivity index (χ3v) is 5.11. The molecule has 0 radical (unpaired) electrons. The summed E-state index contributed by atoms with van der Waals surface area (Å²) >= 11 is 1.69. The summed E-state index contributed by atoms with van der Waals surface area (Å²) in [4.78, 5) is 17.1. The highest BCUT2D eigenvalue weighted by atomic mass is 32.1. The molecule has 0 amide bonds. The van der Waals surface area contributed by atoms with E-state index in [0.717, 1.165) is 22.6 Å². The zero-order valence-corrected chi connectivity index (χ0v) is 12.7. The average Bonchev–Trinajstić information content (AvgIpc) is 3.09. The molecule has 0 spiro atoms. The van der Waals surface area contributed by atoms with Crippen molar-refractivity contribution < 1.29 is 9.90 Å². The maximum atomic E-state index is 11.5. The predicted molar refractivity (Wildman–Crippen MR) is 82.3 cm³/mol. The van der Waals surface area contributed by atoms with Crippen molar-refractivity contribution in [3.05, 3.63) is 51.5 Å². The molecule has 0 saturated carbocycles. The number of carboxylic acid groups (broad SMARTS) is 1. The van der Waals surface area contributed by atoms with E-state index in [1.807, 2.05) is 30.5 Å². The summed E-state index contributed by atoms with van der Waals surface area (Å²) in [7, 11) is 0. The maximum absolute atomic E-state index is 11.5. The molecule has 21 heavy (non-hydrogen) atoms. The molecule has 0 aliphatic heterocycles. The normalized spacial score (nSPS) is 20.4. The Kier molecular flexibility index (Phi) is 4.03. The van der Waals surface area contributed by atoms with Crippen LogP contribution in [-0.2, 0) is 24.2 Å². The largest absolute Gasteiger partial charge is 0.481 e. The lowest BCUT2D eigenvalue weighted by molar-refractivity contribution is -0.142. The number of benzene rings is 1. The van der Waals surface area contributed by atoms with Crippen molar-refractivity contribution in [2.75, 3.05) is 0 Å². The standard InChI is InChI=1S/C16H18N2O2S/c1-2-11-8-17-14(21-11)9-18-15-12-6-4-3-5-10(12)7-13(15)16(19)20/h3-6,8,13,15,18H,2,7,9H2,1H3,(H,19,20)/t13-,15+/m1/s1. The lowest BCUT2D eigenvalue weighted by Crippen LogP contribution is -2.29. The van der Waals surface area contributed by atoms with Crippen LogP contribution in [0, 0.1) is 5.92 Å². The minimum absolute atomic E-state index is 0.132. The van der Waals surface area contributed by atoms with Gasteiger partial charge in [0.05, 0.1) is 5.92 Å². The van der Waals surface area contributed by atoms with Gasteiger partial charge in [0.15, 0.2) is 0 Å². The molecule has 1 aliphatic carbocycles.